The summed E-state index contributed by atoms with van der Waals surface area (Å²) in [6.07, 6.45) is 0. The third-order valence-electron chi connectivity index (χ3n) is 3.99. The number of aromatic hydroxyl groups is 1. The first-order chi connectivity index (χ1) is 13.0. The fraction of sp³-hybridized carbons (Fsp3) is 0.143. The third-order valence-corrected chi connectivity index (χ3v) is 4.89. The number of rotatable bonds is 5. The minimum Gasteiger partial charge on any atom is -0.508 e. The zero-order valence-electron chi connectivity index (χ0n) is 15.0. The van der Waals surface area contributed by atoms with Gasteiger partial charge >= 0.3 is 5.97 Å². The van der Waals surface area contributed by atoms with E-state index in [-0.39, 0.29) is 18.3 Å². The van der Waals surface area contributed by atoms with Gasteiger partial charge in [-0.1, -0.05) is 29.8 Å². The number of aryl methyl sites for hydroxylation is 1. The van der Waals surface area contributed by atoms with Gasteiger partial charge in [-0.15, -0.1) is 11.3 Å². The molecule has 0 atom stereocenters. The summed E-state index contributed by atoms with van der Waals surface area (Å²) in [4.78, 5) is 25.1. The molecule has 0 fully saturated rings. The highest BCUT2D eigenvalue weighted by Gasteiger charge is 2.23. The Hall–Kier alpha value is -3.12. The molecule has 0 aliphatic heterocycles. The Morgan fingerprint density at radius 3 is 2.37 bits per heavy atom. The molecule has 138 valence electrons. The zero-order valence-corrected chi connectivity index (χ0v) is 15.8. The SMILES string of the molecule is CCOC(=O)c1c(-c2ccc(C)cc2)csc1NC(=O)c1ccc(O)cc1. The number of carbonyl (C=O) groups is 2. The highest BCUT2D eigenvalue weighted by molar-refractivity contribution is 7.15. The van der Waals surface area contributed by atoms with Crippen LogP contribution in [0.1, 0.15) is 33.2 Å². The van der Waals surface area contributed by atoms with Gasteiger partial charge in [0.15, 0.2) is 0 Å². The van der Waals surface area contributed by atoms with E-state index in [1.165, 1.54) is 35.6 Å². The summed E-state index contributed by atoms with van der Waals surface area (Å²) in [6.45, 7) is 3.98. The Kier molecular flexibility index (Phi) is 5.57. The predicted molar refractivity (Wildman–Crippen MR) is 107 cm³/mol. The van der Waals surface area contributed by atoms with Gasteiger partial charge in [0.2, 0.25) is 0 Å². The van der Waals surface area contributed by atoms with E-state index in [4.69, 9.17) is 4.74 Å². The Balaban J connectivity index is 1.97. The third kappa shape index (κ3) is 4.17. The molecule has 0 aliphatic carbocycles. The minimum absolute atomic E-state index is 0.0801. The Bertz CT molecular complexity index is 959. The minimum atomic E-state index is -0.477. The van der Waals surface area contributed by atoms with Gasteiger partial charge in [-0.25, -0.2) is 4.79 Å². The summed E-state index contributed by atoms with van der Waals surface area (Å²) in [5, 5.41) is 14.4. The number of hydrogen-bond donors (Lipinski definition) is 2. The quantitative estimate of drug-likeness (QED) is 0.619. The fourth-order valence-electron chi connectivity index (χ4n) is 2.59. The van der Waals surface area contributed by atoms with Crippen LogP contribution >= 0.6 is 11.3 Å². The molecule has 6 heteroatoms. The van der Waals surface area contributed by atoms with Crippen LogP contribution in [0, 0.1) is 6.92 Å². The van der Waals surface area contributed by atoms with E-state index in [9.17, 15) is 14.7 Å². The normalized spacial score (nSPS) is 10.4. The fourth-order valence-corrected chi connectivity index (χ4v) is 3.54. The van der Waals surface area contributed by atoms with Crippen molar-refractivity contribution < 1.29 is 19.4 Å². The molecule has 0 unspecified atom stereocenters. The number of nitrogens with one attached hydrogen (secondary N) is 1. The molecular weight excluding hydrogens is 362 g/mol. The summed E-state index contributed by atoms with van der Waals surface area (Å²) in [7, 11) is 0. The zero-order chi connectivity index (χ0) is 19.4. The van der Waals surface area contributed by atoms with Crippen molar-refractivity contribution in [1.29, 1.82) is 0 Å². The van der Waals surface area contributed by atoms with Crippen molar-refractivity contribution >= 4 is 28.2 Å². The van der Waals surface area contributed by atoms with Crippen LogP contribution in [0.5, 0.6) is 5.75 Å². The van der Waals surface area contributed by atoms with Crippen molar-refractivity contribution in [2.45, 2.75) is 13.8 Å². The van der Waals surface area contributed by atoms with E-state index in [0.29, 0.717) is 16.1 Å². The monoisotopic (exact) mass is 381 g/mol. The van der Waals surface area contributed by atoms with Gasteiger partial charge in [0, 0.05) is 16.5 Å². The van der Waals surface area contributed by atoms with Crippen LogP contribution in [-0.2, 0) is 4.74 Å². The van der Waals surface area contributed by atoms with Crippen LogP contribution in [0.15, 0.2) is 53.9 Å². The Morgan fingerprint density at radius 1 is 1.07 bits per heavy atom. The van der Waals surface area contributed by atoms with Gasteiger partial charge in [0.05, 0.1) is 6.61 Å². The second-order valence-corrected chi connectivity index (χ2v) is 6.82. The second-order valence-electron chi connectivity index (χ2n) is 5.94. The summed E-state index contributed by atoms with van der Waals surface area (Å²) in [5.74, 6) is -0.760. The molecule has 27 heavy (non-hydrogen) atoms. The predicted octanol–water partition coefficient (Wildman–Crippen LogP) is 4.86. The summed E-state index contributed by atoms with van der Waals surface area (Å²) in [5.41, 5.74) is 3.45. The molecule has 0 bridgehead atoms. The van der Waals surface area contributed by atoms with E-state index in [1.807, 2.05) is 36.6 Å². The lowest BCUT2D eigenvalue weighted by Gasteiger charge is -2.09. The van der Waals surface area contributed by atoms with E-state index in [1.54, 1.807) is 6.92 Å². The number of ether oxygens (including phenoxy) is 1. The molecule has 0 radical (unpaired) electrons. The molecular formula is C21H19NO4S. The van der Waals surface area contributed by atoms with Crippen molar-refractivity contribution in [3.63, 3.8) is 0 Å². The topological polar surface area (TPSA) is 75.6 Å². The lowest BCUT2D eigenvalue weighted by molar-refractivity contribution is 0.0529. The first-order valence-corrected chi connectivity index (χ1v) is 9.33. The molecule has 3 aromatic rings. The molecule has 1 heterocycles. The number of hydrogen-bond acceptors (Lipinski definition) is 5. The summed E-state index contributed by atoms with van der Waals surface area (Å²) >= 11 is 1.27. The lowest BCUT2D eigenvalue weighted by Crippen LogP contribution is -2.14. The van der Waals surface area contributed by atoms with E-state index in [2.05, 4.69) is 5.32 Å². The molecule has 2 N–H and O–H groups in total. The second kappa shape index (κ2) is 8.05. The number of carbonyl (C=O) groups excluding carboxylic acids is 2. The number of benzene rings is 2. The molecule has 0 spiro atoms. The largest absolute Gasteiger partial charge is 0.508 e. The van der Waals surface area contributed by atoms with Gasteiger partial charge in [-0.3, -0.25) is 4.79 Å². The van der Waals surface area contributed by atoms with Crippen molar-refractivity contribution in [3.05, 3.63) is 70.6 Å². The molecule has 1 aromatic heterocycles. The van der Waals surface area contributed by atoms with E-state index < -0.39 is 5.97 Å². The van der Waals surface area contributed by atoms with Gasteiger partial charge < -0.3 is 15.2 Å². The molecule has 0 saturated heterocycles. The van der Waals surface area contributed by atoms with Crippen molar-refractivity contribution in [3.8, 4) is 16.9 Å². The number of anilines is 1. The molecule has 0 saturated carbocycles. The Morgan fingerprint density at radius 2 is 1.74 bits per heavy atom. The molecule has 0 aliphatic rings. The van der Waals surface area contributed by atoms with Crippen LogP contribution in [0.25, 0.3) is 11.1 Å². The number of thiophene rings is 1. The maximum atomic E-state index is 12.6. The summed E-state index contributed by atoms with van der Waals surface area (Å²) < 4.78 is 5.20. The Labute approximate surface area is 161 Å². The molecule has 2 aromatic carbocycles. The van der Waals surface area contributed by atoms with Gasteiger partial charge in [0.25, 0.3) is 5.91 Å². The average Bonchev–Trinajstić information content (AvgIpc) is 3.06. The molecule has 3 rings (SSSR count). The number of phenols is 1. The van der Waals surface area contributed by atoms with Crippen LogP contribution in [0.3, 0.4) is 0 Å². The highest BCUT2D eigenvalue weighted by Crippen LogP contribution is 2.36. The van der Waals surface area contributed by atoms with Crippen molar-refractivity contribution in [1.82, 2.24) is 0 Å². The number of phenolic OH excluding ortho intramolecular Hbond substituents is 1. The first-order valence-electron chi connectivity index (χ1n) is 8.45. The van der Waals surface area contributed by atoms with Crippen molar-refractivity contribution in [2.75, 3.05) is 11.9 Å². The highest BCUT2D eigenvalue weighted by atomic mass is 32.1. The average molecular weight is 381 g/mol. The molecule has 1 amide bonds. The van der Waals surface area contributed by atoms with Crippen molar-refractivity contribution in [2.24, 2.45) is 0 Å². The number of esters is 1. The van der Waals surface area contributed by atoms with Crippen LogP contribution in [0.4, 0.5) is 5.00 Å². The maximum Gasteiger partial charge on any atom is 0.341 e. The smallest absolute Gasteiger partial charge is 0.341 e. The summed E-state index contributed by atoms with van der Waals surface area (Å²) in [6, 6.07) is 13.7. The van der Waals surface area contributed by atoms with E-state index >= 15 is 0 Å². The van der Waals surface area contributed by atoms with Gasteiger partial charge in [-0.05, 0) is 43.7 Å². The van der Waals surface area contributed by atoms with E-state index in [0.717, 1.165) is 16.7 Å². The van der Waals surface area contributed by atoms with Crippen LogP contribution < -0.4 is 5.32 Å². The lowest BCUT2D eigenvalue weighted by atomic mass is 10.0. The molecule has 5 nitrogen and oxygen atoms in total. The van der Waals surface area contributed by atoms with Crippen LogP contribution in [-0.4, -0.2) is 23.6 Å². The maximum absolute atomic E-state index is 12.6. The standard InChI is InChI=1S/C21H19NO4S/c1-3-26-21(25)18-17(14-6-4-13(2)5-7-14)12-27-20(18)22-19(24)15-8-10-16(23)11-9-15/h4-12,23H,3H2,1-2H3,(H,22,24). The van der Waals surface area contributed by atoms with Crippen LogP contribution in [0.2, 0.25) is 0 Å². The number of amides is 1. The first kappa shape index (κ1) is 18.7. The van der Waals surface area contributed by atoms with Gasteiger partial charge in [-0.2, -0.15) is 0 Å². The van der Waals surface area contributed by atoms with Gasteiger partial charge in [0.1, 0.15) is 16.3 Å².